The third kappa shape index (κ3) is 4.00. The van der Waals surface area contributed by atoms with Crippen LogP contribution >= 0.6 is 11.6 Å². The summed E-state index contributed by atoms with van der Waals surface area (Å²) in [6, 6.07) is 9.81. The quantitative estimate of drug-likeness (QED) is 0.614. The maximum Gasteiger partial charge on any atom is 0.341 e. The summed E-state index contributed by atoms with van der Waals surface area (Å²) in [5.74, 6) is 0.186. The van der Waals surface area contributed by atoms with E-state index in [1.807, 2.05) is 6.07 Å². The molecule has 1 aliphatic rings. The molecule has 7 nitrogen and oxygen atoms in total. The molecule has 0 saturated heterocycles. The summed E-state index contributed by atoms with van der Waals surface area (Å²) in [6.07, 6.45) is -0.980. The highest BCUT2D eigenvalue weighted by atomic mass is 35.5. The van der Waals surface area contributed by atoms with E-state index in [-0.39, 0.29) is 24.6 Å². The molecule has 3 N–H and O–H groups in total. The Labute approximate surface area is 155 Å². The van der Waals surface area contributed by atoms with Crippen molar-refractivity contribution >= 4 is 29.2 Å². The van der Waals surface area contributed by atoms with E-state index in [0.717, 1.165) is 5.56 Å². The molecular weight excluding hydrogens is 360 g/mol. The van der Waals surface area contributed by atoms with Gasteiger partial charge in [0.25, 0.3) is 5.91 Å². The highest BCUT2D eigenvalue weighted by molar-refractivity contribution is 6.31. The molecule has 0 saturated carbocycles. The molecule has 0 fully saturated rings. The van der Waals surface area contributed by atoms with Gasteiger partial charge in [-0.3, -0.25) is 4.79 Å². The molecule has 0 aromatic heterocycles. The van der Waals surface area contributed by atoms with Crippen molar-refractivity contribution in [2.45, 2.75) is 19.6 Å². The lowest BCUT2D eigenvalue weighted by molar-refractivity contribution is -0.129. The fourth-order valence-corrected chi connectivity index (χ4v) is 2.56. The Bertz CT molecular complexity index is 855. The summed E-state index contributed by atoms with van der Waals surface area (Å²) < 4.78 is 15.7. The number of hydrogen-bond acceptors (Lipinski definition) is 6. The third-order valence-electron chi connectivity index (χ3n) is 3.79. The van der Waals surface area contributed by atoms with Gasteiger partial charge in [-0.2, -0.15) is 0 Å². The lowest BCUT2D eigenvalue weighted by Gasteiger charge is -2.14. The number of halogens is 1. The van der Waals surface area contributed by atoms with Gasteiger partial charge in [-0.05, 0) is 42.8 Å². The van der Waals surface area contributed by atoms with E-state index in [9.17, 15) is 9.59 Å². The Morgan fingerprint density at radius 3 is 2.77 bits per heavy atom. The lowest BCUT2D eigenvalue weighted by Crippen LogP contribution is -2.35. The van der Waals surface area contributed by atoms with E-state index in [2.05, 4.69) is 5.32 Å². The first-order chi connectivity index (χ1) is 12.4. The smallest absolute Gasteiger partial charge is 0.341 e. The van der Waals surface area contributed by atoms with E-state index in [0.29, 0.717) is 16.5 Å². The monoisotopic (exact) mass is 376 g/mol. The van der Waals surface area contributed by atoms with Crippen molar-refractivity contribution < 1.29 is 23.8 Å². The number of hydrogen-bond donors (Lipinski definition) is 2. The zero-order valence-electron chi connectivity index (χ0n) is 14.0. The average molecular weight is 377 g/mol. The highest BCUT2D eigenvalue weighted by Gasteiger charge is 2.21. The number of fused-ring (bicyclic) bond motifs is 1. The van der Waals surface area contributed by atoms with Gasteiger partial charge in [0.05, 0.1) is 5.56 Å². The molecule has 136 valence electrons. The number of anilines is 1. The van der Waals surface area contributed by atoms with Crippen molar-refractivity contribution in [2.75, 3.05) is 12.5 Å². The molecule has 1 amide bonds. The van der Waals surface area contributed by atoms with Gasteiger partial charge in [0.2, 0.25) is 6.79 Å². The molecule has 2 aromatic carbocycles. The van der Waals surface area contributed by atoms with Crippen LogP contribution in [-0.2, 0) is 16.1 Å². The number of benzene rings is 2. The second-order valence-corrected chi connectivity index (χ2v) is 6.12. The second kappa shape index (κ2) is 7.53. The molecular formula is C18H17ClN2O5. The number of nitrogens with one attached hydrogen (secondary N) is 1. The number of nitrogens with two attached hydrogens (primary N) is 1. The molecule has 1 atom stereocenters. The Balaban J connectivity index is 1.55. The van der Waals surface area contributed by atoms with Gasteiger partial charge in [-0.15, -0.1) is 0 Å². The predicted molar refractivity (Wildman–Crippen MR) is 95.2 cm³/mol. The van der Waals surface area contributed by atoms with Gasteiger partial charge < -0.3 is 25.3 Å². The Morgan fingerprint density at radius 1 is 1.23 bits per heavy atom. The first-order valence-electron chi connectivity index (χ1n) is 7.86. The fraction of sp³-hybridized carbons (Fsp3) is 0.222. The van der Waals surface area contributed by atoms with Gasteiger partial charge in [0.1, 0.15) is 0 Å². The summed E-state index contributed by atoms with van der Waals surface area (Å²) in [6.45, 7) is 1.94. The molecule has 2 aromatic rings. The fourth-order valence-electron chi connectivity index (χ4n) is 2.38. The largest absolute Gasteiger partial charge is 0.454 e. The molecule has 1 heterocycles. The molecule has 0 radical (unpaired) electrons. The van der Waals surface area contributed by atoms with Crippen LogP contribution in [0.25, 0.3) is 0 Å². The highest BCUT2D eigenvalue weighted by Crippen LogP contribution is 2.32. The zero-order chi connectivity index (χ0) is 18.7. The maximum atomic E-state index is 12.2. The van der Waals surface area contributed by atoms with Crippen LogP contribution in [0, 0.1) is 0 Å². The molecule has 8 heteroatoms. The van der Waals surface area contributed by atoms with Crippen LogP contribution in [0.1, 0.15) is 22.8 Å². The number of carbonyl (C=O) groups is 2. The van der Waals surface area contributed by atoms with Crippen molar-refractivity contribution in [2.24, 2.45) is 0 Å². The van der Waals surface area contributed by atoms with E-state index in [1.165, 1.54) is 25.1 Å². The molecule has 0 spiro atoms. The zero-order valence-corrected chi connectivity index (χ0v) is 14.7. The topological polar surface area (TPSA) is 99.9 Å². The minimum Gasteiger partial charge on any atom is -0.454 e. The normalized spacial score (nSPS) is 13.2. The van der Waals surface area contributed by atoms with Crippen molar-refractivity contribution in [3.8, 4) is 11.5 Å². The minimum absolute atomic E-state index is 0.157. The number of nitrogen functional groups attached to an aromatic ring is 1. The summed E-state index contributed by atoms with van der Waals surface area (Å²) >= 11 is 5.80. The van der Waals surface area contributed by atoms with Crippen LogP contribution in [0.2, 0.25) is 5.02 Å². The van der Waals surface area contributed by atoms with Gasteiger partial charge >= 0.3 is 5.97 Å². The second-order valence-electron chi connectivity index (χ2n) is 5.68. The summed E-state index contributed by atoms with van der Waals surface area (Å²) in [5, 5.41) is 3.12. The molecule has 0 aliphatic carbocycles. The number of amides is 1. The number of esters is 1. The Hall–Kier alpha value is -2.93. The van der Waals surface area contributed by atoms with Crippen LogP contribution in [-0.4, -0.2) is 24.8 Å². The number of carbonyl (C=O) groups excluding carboxylic acids is 2. The maximum absolute atomic E-state index is 12.2. The summed E-state index contributed by atoms with van der Waals surface area (Å²) in [5.41, 5.74) is 6.93. The van der Waals surface area contributed by atoms with Crippen LogP contribution in [0.3, 0.4) is 0 Å². The van der Waals surface area contributed by atoms with Gasteiger partial charge in [0, 0.05) is 17.3 Å². The molecule has 1 unspecified atom stereocenters. The number of rotatable bonds is 5. The third-order valence-corrected chi connectivity index (χ3v) is 4.03. The number of ether oxygens (including phenoxy) is 3. The van der Waals surface area contributed by atoms with Gasteiger partial charge in [-0.1, -0.05) is 17.7 Å². The first kappa shape index (κ1) is 17.9. The van der Waals surface area contributed by atoms with Crippen molar-refractivity contribution in [1.82, 2.24) is 5.32 Å². The van der Waals surface area contributed by atoms with Crippen molar-refractivity contribution in [1.29, 1.82) is 0 Å². The lowest BCUT2D eigenvalue weighted by atomic mass is 10.2. The summed E-state index contributed by atoms with van der Waals surface area (Å²) in [7, 11) is 0. The van der Waals surface area contributed by atoms with E-state index in [1.54, 1.807) is 12.1 Å². The van der Waals surface area contributed by atoms with Crippen LogP contribution in [0.4, 0.5) is 5.69 Å². The predicted octanol–water partition coefficient (Wildman–Crippen LogP) is 2.51. The van der Waals surface area contributed by atoms with Gasteiger partial charge in [0.15, 0.2) is 17.6 Å². The Morgan fingerprint density at radius 2 is 2.00 bits per heavy atom. The molecule has 0 bridgehead atoms. The van der Waals surface area contributed by atoms with E-state index in [4.69, 9.17) is 31.5 Å². The van der Waals surface area contributed by atoms with E-state index < -0.39 is 18.0 Å². The standard InChI is InChI=1S/C18H17ClN2O5/c1-10(26-18(23)13-4-3-12(19)7-14(13)20)17(22)21-8-11-2-5-15-16(6-11)25-9-24-15/h2-7,10H,8-9,20H2,1H3,(H,21,22). The van der Waals surface area contributed by atoms with Crippen molar-refractivity contribution in [3.05, 3.63) is 52.5 Å². The molecule has 3 rings (SSSR count). The minimum atomic E-state index is -0.980. The van der Waals surface area contributed by atoms with Crippen LogP contribution in [0.5, 0.6) is 11.5 Å². The molecule has 26 heavy (non-hydrogen) atoms. The van der Waals surface area contributed by atoms with Crippen LogP contribution in [0.15, 0.2) is 36.4 Å². The summed E-state index contributed by atoms with van der Waals surface area (Å²) in [4.78, 5) is 24.3. The SMILES string of the molecule is CC(OC(=O)c1ccc(Cl)cc1N)C(=O)NCc1ccc2c(c1)OCO2. The van der Waals surface area contributed by atoms with Gasteiger partial charge in [-0.25, -0.2) is 4.79 Å². The first-order valence-corrected chi connectivity index (χ1v) is 8.24. The van der Waals surface area contributed by atoms with E-state index >= 15 is 0 Å². The van der Waals surface area contributed by atoms with Crippen molar-refractivity contribution in [3.63, 3.8) is 0 Å². The molecule has 1 aliphatic heterocycles. The Kier molecular flexibility index (Phi) is 5.18. The average Bonchev–Trinajstić information content (AvgIpc) is 3.07. The van der Waals surface area contributed by atoms with Crippen LogP contribution < -0.4 is 20.5 Å².